The lowest BCUT2D eigenvalue weighted by molar-refractivity contribution is -0.143. The Bertz CT molecular complexity index is 2820. The molecule has 0 radical (unpaired) electrons. The van der Waals surface area contributed by atoms with Gasteiger partial charge in [0.05, 0.1) is 12.5 Å². The molecule has 0 saturated carbocycles. The molecule has 27 heteroatoms. The van der Waals surface area contributed by atoms with Crippen molar-refractivity contribution in [2.45, 2.75) is 110 Å². The molecule has 0 saturated heterocycles. The van der Waals surface area contributed by atoms with Crippen LogP contribution in [0.5, 0.6) is 0 Å². The Morgan fingerprint density at radius 3 is 1.94 bits per heavy atom. The minimum absolute atomic E-state index is 0.106. The van der Waals surface area contributed by atoms with E-state index in [2.05, 4.69) is 31.9 Å². The number of aliphatic carboxylic acids is 2. The van der Waals surface area contributed by atoms with E-state index >= 15 is 4.39 Å². The predicted molar refractivity (Wildman–Crippen MR) is 274 cm³/mol. The van der Waals surface area contributed by atoms with Crippen LogP contribution in [0.3, 0.4) is 0 Å². The zero-order valence-electron chi connectivity index (χ0n) is 43.9. The molecule has 0 fully saturated rings. The van der Waals surface area contributed by atoms with Gasteiger partial charge < -0.3 is 62.4 Å². The molecule has 11 N–H and O–H groups in total. The van der Waals surface area contributed by atoms with Gasteiger partial charge in [0.2, 0.25) is 47.3 Å². The van der Waals surface area contributed by atoms with Crippen molar-refractivity contribution in [1.82, 2.24) is 46.3 Å². The standard InChI is InChI=1S/C52H64F2N10O15/c1-28(57-41(68)26-64-42(69)14-15-43(64)70)47(74)58-29(2)48(75)61-37(23-39(55)66)50(77)60-35(49(76)56-19-17-40(67)59-36(51(78)79)13-16-45(72)73)18-20-63(44(71)27-65)46(52(3,4)5)38-21-31(33-22-32(53)11-12-34(33)54)25-62(38)24-30-9-7-6-8-10-30/h6-12,14-15,21-22,25,28-29,35-37,46,65H,13,16-20,23-24,26-27H2,1-5H3,(H2,55,66)(H,56,76)(H,57,68)(H,58,74)(H,59,67)(H,60,77)(H,61,75)(H,72,73)(H,78,79). The predicted octanol–water partition coefficient (Wildman–Crippen LogP) is -0.500. The number of nitrogens with one attached hydrogen (secondary N) is 6. The third-order valence-corrected chi connectivity index (χ3v) is 12.2. The lowest BCUT2D eigenvalue weighted by Crippen LogP contribution is -2.58. The second-order valence-electron chi connectivity index (χ2n) is 19.5. The number of primary amides is 1. The summed E-state index contributed by atoms with van der Waals surface area (Å²) in [4.78, 5) is 155. The zero-order valence-corrected chi connectivity index (χ0v) is 43.9. The summed E-state index contributed by atoms with van der Waals surface area (Å²) < 4.78 is 31.7. The number of hydrogen-bond acceptors (Lipinski definition) is 13. The SMILES string of the molecule is CC(NC(=O)CN1C(=O)C=CC1=O)C(=O)NC(C)C(=O)NC(CC(N)=O)C(=O)NC(CCN(C(=O)CO)C(c1cc(-c2cc(F)ccc2F)cn1Cc1ccccc1)C(C)(C)C)C(=O)NCCC(=O)NC(CCC(=O)O)C(=O)O. The number of nitrogens with zero attached hydrogens (tertiary/aromatic N) is 3. The highest BCUT2D eigenvalue weighted by atomic mass is 19.1. The highest BCUT2D eigenvalue weighted by Crippen LogP contribution is 2.41. The Kier molecular flexibility index (Phi) is 22.6. The zero-order chi connectivity index (χ0) is 58.9. The number of hydrogen-bond donors (Lipinski definition) is 10. The van der Waals surface area contributed by atoms with Crippen LogP contribution in [0.1, 0.15) is 84.0 Å². The van der Waals surface area contributed by atoms with Crippen molar-refractivity contribution >= 4 is 71.0 Å². The average molecular weight is 1110 g/mol. The number of halogens is 2. The molecular formula is C52H64F2N10O15. The Morgan fingerprint density at radius 2 is 1.34 bits per heavy atom. The van der Waals surface area contributed by atoms with Crippen molar-refractivity contribution < 1.29 is 81.6 Å². The fourth-order valence-electron chi connectivity index (χ4n) is 8.32. The molecule has 2 heterocycles. The molecule has 426 valence electrons. The van der Waals surface area contributed by atoms with E-state index in [-0.39, 0.29) is 17.7 Å². The number of aliphatic hydroxyl groups excluding tert-OH is 1. The number of amides is 10. The van der Waals surface area contributed by atoms with E-state index in [1.165, 1.54) is 18.7 Å². The largest absolute Gasteiger partial charge is 0.481 e. The average Bonchev–Trinajstić information content (AvgIpc) is 4.03. The van der Waals surface area contributed by atoms with Crippen LogP contribution in [-0.2, 0) is 64.1 Å². The smallest absolute Gasteiger partial charge is 0.326 e. The van der Waals surface area contributed by atoms with Crippen molar-refractivity contribution in [3.8, 4) is 11.1 Å². The summed E-state index contributed by atoms with van der Waals surface area (Å²) in [6, 6.07) is 4.40. The molecule has 25 nitrogen and oxygen atoms in total. The van der Waals surface area contributed by atoms with Gasteiger partial charge >= 0.3 is 11.9 Å². The van der Waals surface area contributed by atoms with Gasteiger partial charge in [0.15, 0.2) is 0 Å². The van der Waals surface area contributed by atoms with Crippen LogP contribution >= 0.6 is 0 Å². The van der Waals surface area contributed by atoms with Crippen LogP contribution in [0.25, 0.3) is 11.1 Å². The Hall–Kier alpha value is -8.88. The van der Waals surface area contributed by atoms with Gasteiger partial charge in [-0.05, 0) is 61.9 Å². The lowest BCUT2D eigenvalue weighted by atomic mass is 9.82. The van der Waals surface area contributed by atoms with Gasteiger partial charge in [-0.25, -0.2) is 13.6 Å². The molecule has 0 aliphatic carbocycles. The fraction of sp³-hybridized carbons (Fsp3) is 0.423. The van der Waals surface area contributed by atoms with Gasteiger partial charge in [0.1, 0.15) is 55.0 Å². The van der Waals surface area contributed by atoms with Gasteiger partial charge in [-0.15, -0.1) is 0 Å². The Morgan fingerprint density at radius 1 is 0.722 bits per heavy atom. The van der Waals surface area contributed by atoms with E-state index < -0.39 is 183 Å². The number of nitrogens with two attached hydrogens (primary N) is 1. The maximum atomic E-state index is 15.4. The highest BCUT2D eigenvalue weighted by Gasteiger charge is 2.39. The third-order valence-electron chi connectivity index (χ3n) is 12.2. The first-order valence-corrected chi connectivity index (χ1v) is 24.7. The Balaban J connectivity index is 1.66. The number of aromatic nitrogens is 1. The molecule has 4 rings (SSSR count). The number of carbonyl (C=O) groups excluding carboxylic acids is 10. The monoisotopic (exact) mass is 1110 g/mol. The summed E-state index contributed by atoms with van der Waals surface area (Å²) in [6.45, 7) is 5.05. The fourth-order valence-corrected chi connectivity index (χ4v) is 8.32. The first-order valence-electron chi connectivity index (χ1n) is 24.7. The van der Waals surface area contributed by atoms with Crippen molar-refractivity contribution in [3.05, 3.63) is 95.8 Å². The second kappa shape index (κ2) is 28.5. The quantitative estimate of drug-likeness (QED) is 0.0392. The molecule has 1 aromatic heterocycles. The molecule has 1 aliphatic heterocycles. The van der Waals surface area contributed by atoms with Crippen molar-refractivity contribution in [1.29, 1.82) is 0 Å². The van der Waals surface area contributed by atoms with E-state index in [4.69, 9.17) is 10.8 Å². The summed E-state index contributed by atoms with van der Waals surface area (Å²) in [7, 11) is 0. The number of carboxylic acids is 2. The number of carbonyl (C=O) groups is 12. The number of rotatable bonds is 29. The van der Waals surface area contributed by atoms with Gasteiger partial charge in [-0.3, -0.25) is 57.6 Å². The van der Waals surface area contributed by atoms with Crippen LogP contribution in [0.2, 0.25) is 0 Å². The van der Waals surface area contributed by atoms with E-state index in [1.54, 1.807) is 55.8 Å². The van der Waals surface area contributed by atoms with Crippen molar-refractivity contribution in [3.63, 3.8) is 0 Å². The molecular weight excluding hydrogens is 1040 g/mol. The van der Waals surface area contributed by atoms with E-state index in [1.807, 2.05) is 12.1 Å². The molecule has 0 spiro atoms. The summed E-state index contributed by atoms with van der Waals surface area (Å²) in [5.74, 6) is -13.9. The van der Waals surface area contributed by atoms with Crippen LogP contribution in [0, 0.1) is 17.0 Å². The van der Waals surface area contributed by atoms with Crippen LogP contribution in [-0.4, -0.2) is 157 Å². The third kappa shape index (κ3) is 18.7. The lowest BCUT2D eigenvalue weighted by Gasteiger charge is -2.41. The molecule has 10 amide bonds. The summed E-state index contributed by atoms with van der Waals surface area (Å²) in [5, 5.41) is 42.9. The van der Waals surface area contributed by atoms with Gasteiger partial charge in [0.25, 0.3) is 11.8 Å². The van der Waals surface area contributed by atoms with Gasteiger partial charge in [0, 0.05) is 67.6 Å². The maximum Gasteiger partial charge on any atom is 0.326 e. The topological polar surface area (TPSA) is 375 Å². The summed E-state index contributed by atoms with van der Waals surface area (Å²) in [5.41, 5.74) is 5.76. The van der Waals surface area contributed by atoms with E-state index in [0.717, 1.165) is 35.9 Å². The minimum atomic E-state index is -1.86. The van der Waals surface area contributed by atoms with Crippen molar-refractivity contribution in [2.24, 2.45) is 11.1 Å². The minimum Gasteiger partial charge on any atom is -0.481 e. The van der Waals surface area contributed by atoms with E-state index in [9.17, 15) is 72.1 Å². The van der Waals surface area contributed by atoms with Crippen LogP contribution in [0.15, 0.2) is 72.9 Å². The highest BCUT2D eigenvalue weighted by molar-refractivity contribution is 6.14. The van der Waals surface area contributed by atoms with Gasteiger partial charge in [-0.1, -0.05) is 51.1 Å². The van der Waals surface area contributed by atoms with Gasteiger partial charge in [-0.2, -0.15) is 0 Å². The molecule has 2 aromatic carbocycles. The summed E-state index contributed by atoms with van der Waals surface area (Å²) in [6.07, 6.45) is 0.458. The normalized spacial score (nSPS) is 14.4. The first kappa shape index (κ1) is 62.7. The molecule has 6 unspecified atom stereocenters. The van der Waals surface area contributed by atoms with Crippen molar-refractivity contribution in [2.75, 3.05) is 26.2 Å². The van der Waals surface area contributed by atoms with E-state index in [0.29, 0.717) is 10.6 Å². The molecule has 3 aromatic rings. The van der Waals surface area contributed by atoms with Crippen LogP contribution in [0.4, 0.5) is 8.78 Å². The number of imide groups is 1. The number of carboxylic acid groups (broad SMARTS) is 2. The molecule has 1 aliphatic rings. The Labute approximate surface area is 451 Å². The first-order chi connectivity index (χ1) is 37.1. The molecule has 6 atom stereocenters. The second-order valence-corrected chi connectivity index (χ2v) is 19.5. The molecule has 79 heavy (non-hydrogen) atoms. The van der Waals surface area contributed by atoms with Crippen LogP contribution < -0.4 is 37.6 Å². The maximum absolute atomic E-state index is 15.4. The molecule has 0 bridgehead atoms. The number of benzene rings is 2. The summed E-state index contributed by atoms with van der Waals surface area (Å²) >= 11 is 0. The number of aliphatic hydroxyl groups is 1.